The van der Waals surface area contributed by atoms with Gasteiger partial charge in [0.05, 0.1) is 18.3 Å². The Labute approximate surface area is 155 Å². The normalized spacial score (nSPS) is 25.2. The fourth-order valence-electron chi connectivity index (χ4n) is 3.66. The maximum Gasteiger partial charge on any atom is 0.237 e. The molecule has 2 N–H and O–H groups in total. The molecule has 1 aromatic rings. The standard InChI is InChI=1S/C19H32N4OS/c1-19(2,3)16-13-25-17(22-16)12-23-9-5-6-14(11-23)10-21-18(24)15-7-4-8-20-15/h13-15,20H,4-12H2,1-3H3,(H,21,24). The number of piperidine rings is 1. The second-order valence-corrected chi connectivity index (χ2v) is 9.46. The van der Waals surface area contributed by atoms with Crippen LogP contribution in [0.4, 0.5) is 0 Å². The molecule has 5 nitrogen and oxygen atoms in total. The molecular weight excluding hydrogens is 332 g/mol. The van der Waals surface area contributed by atoms with E-state index < -0.39 is 0 Å². The van der Waals surface area contributed by atoms with Crippen molar-refractivity contribution in [3.8, 4) is 0 Å². The molecule has 3 rings (SSSR count). The van der Waals surface area contributed by atoms with Crippen molar-refractivity contribution in [2.45, 2.75) is 64.5 Å². The summed E-state index contributed by atoms with van der Waals surface area (Å²) in [5, 5.41) is 9.84. The molecule has 140 valence electrons. The van der Waals surface area contributed by atoms with Gasteiger partial charge in [0, 0.05) is 23.9 Å². The van der Waals surface area contributed by atoms with Crippen LogP contribution in [0.2, 0.25) is 0 Å². The third-order valence-corrected chi connectivity index (χ3v) is 6.06. The van der Waals surface area contributed by atoms with Gasteiger partial charge < -0.3 is 10.6 Å². The van der Waals surface area contributed by atoms with Gasteiger partial charge in [-0.25, -0.2) is 4.98 Å². The van der Waals surface area contributed by atoms with Crippen LogP contribution in [0.3, 0.4) is 0 Å². The maximum absolute atomic E-state index is 12.2. The number of hydrogen-bond donors (Lipinski definition) is 2. The smallest absolute Gasteiger partial charge is 0.237 e. The summed E-state index contributed by atoms with van der Waals surface area (Å²) in [5.41, 5.74) is 1.31. The van der Waals surface area contributed by atoms with E-state index >= 15 is 0 Å². The van der Waals surface area contributed by atoms with Crippen molar-refractivity contribution in [1.29, 1.82) is 0 Å². The highest BCUT2D eigenvalue weighted by atomic mass is 32.1. The molecule has 25 heavy (non-hydrogen) atoms. The molecule has 2 atom stereocenters. The van der Waals surface area contributed by atoms with E-state index in [9.17, 15) is 4.79 Å². The lowest BCUT2D eigenvalue weighted by molar-refractivity contribution is -0.123. The van der Waals surface area contributed by atoms with E-state index in [1.54, 1.807) is 11.3 Å². The van der Waals surface area contributed by atoms with E-state index in [0.717, 1.165) is 45.6 Å². The Morgan fingerprint density at radius 2 is 2.24 bits per heavy atom. The summed E-state index contributed by atoms with van der Waals surface area (Å²) in [6.07, 6.45) is 4.50. The summed E-state index contributed by atoms with van der Waals surface area (Å²) in [5.74, 6) is 0.741. The first-order chi connectivity index (χ1) is 11.9. The number of rotatable bonds is 5. The van der Waals surface area contributed by atoms with Gasteiger partial charge in [-0.2, -0.15) is 0 Å². The molecule has 0 saturated carbocycles. The molecular formula is C19H32N4OS. The molecule has 0 aromatic carbocycles. The minimum Gasteiger partial charge on any atom is -0.354 e. The molecule has 1 amide bonds. The Hall–Kier alpha value is -0.980. The van der Waals surface area contributed by atoms with Crippen LogP contribution in [-0.4, -0.2) is 48.0 Å². The van der Waals surface area contributed by atoms with Gasteiger partial charge in [0.15, 0.2) is 0 Å². The monoisotopic (exact) mass is 364 g/mol. The van der Waals surface area contributed by atoms with Gasteiger partial charge in [-0.3, -0.25) is 9.69 Å². The zero-order valence-corrected chi connectivity index (χ0v) is 16.6. The first-order valence-electron chi connectivity index (χ1n) is 9.60. The highest BCUT2D eigenvalue weighted by Crippen LogP contribution is 2.25. The Bertz CT molecular complexity index is 574. The summed E-state index contributed by atoms with van der Waals surface area (Å²) in [4.78, 5) is 19.5. The molecule has 0 spiro atoms. The Balaban J connectivity index is 1.46. The van der Waals surface area contributed by atoms with Crippen molar-refractivity contribution in [2.24, 2.45) is 5.92 Å². The Morgan fingerprint density at radius 1 is 1.40 bits per heavy atom. The van der Waals surface area contributed by atoms with Crippen molar-refractivity contribution in [2.75, 3.05) is 26.2 Å². The zero-order valence-electron chi connectivity index (χ0n) is 15.8. The summed E-state index contributed by atoms with van der Waals surface area (Å²) < 4.78 is 0. The molecule has 2 aliphatic heterocycles. The van der Waals surface area contributed by atoms with E-state index in [0.29, 0.717) is 5.92 Å². The van der Waals surface area contributed by atoms with Crippen molar-refractivity contribution in [3.63, 3.8) is 0 Å². The number of hydrogen-bond acceptors (Lipinski definition) is 5. The number of nitrogens with one attached hydrogen (secondary N) is 2. The Kier molecular flexibility index (Phi) is 6.12. The predicted molar refractivity (Wildman–Crippen MR) is 103 cm³/mol. The highest BCUT2D eigenvalue weighted by molar-refractivity contribution is 7.09. The third-order valence-electron chi connectivity index (χ3n) is 5.22. The SMILES string of the molecule is CC(C)(C)c1csc(CN2CCCC(CNC(=O)C3CCCN3)C2)n1. The van der Waals surface area contributed by atoms with Gasteiger partial charge in [-0.05, 0) is 44.7 Å². The number of nitrogens with zero attached hydrogens (tertiary/aromatic N) is 2. The number of thiazole rings is 1. The van der Waals surface area contributed by atoms with Gasteiger partial charge in [-0.1, -0.05) is 20.8 Å². The fourth-order valence-corrected chi connectivity index (χ4v) is 4.72. The number of carbonyl (C=O) groups excluding carboxylic acids is 1. The van der Waals surface area contributed by atoms with E-state index in [-0.39, 0.29) is 17.4 Å². The van der Waals surface area contributed by atoms with Crippen molar-refractivity contribution >= 4 is 17.2 Å². The molecule has 0 bridgehead atoms. The second kappa shape index (κ2) is 8.14. The molecule has 0 radical (unpaired) electrons. The van der Waals surface area contributed by atoms with Crippen LogP contribution in [0.1, 0.15) is 57.2 Å². The average Bonchev–Trinajstić information content (AvgIpc) is 3.24. The van der Waals surface area contributed by atoms with Crippen LogP contribution in [0.15, 0.2) is 5.38 Å². The molecule has 2 fully saturated rings. The predicted octanol–water partition coefficient (Wildman–Crippen LogP) is 2.52. The second-order valence-electron chi connectivity index (χ2n) is 8.51. The van der Waals surface area contributed by atoms with E-state index in [2.05, 4.69) is 41.7 Å². The summed E-state index contributed by atoms with van der Waals surface area (Å²) in [7, 11) is 0. The molecule has 2 aliphatic rings. The van der Waals surface area contributed by atoms with Gasteiger partial charge >= 0.3 is 0 Å². The maximum atomic E-state index is 12.2. The van der Waals surface area contributed by atoms with Crippen LogP contribution in [0.5, 0.6) is 0 Å². The van der Waals surface area contributed by atoms with Crippen LogP contribution in [0, 0.1) is 5.92 Å². The van der Waals surface area contributed by atoms with Crippen LogP contribution in [0.25, 0.3) is 0 Å². The van der Waals surface area contributed by atoms with Crippen LogP contribution in [-0.2, 0) is 16.8 Å². The number of likely N-dealkylation sites (tertiary alicyclic amines) is 1. The molecule has 0 aliphatic carbocycles. The molecule has 3 heterocycles. The van der Waals surface area contributed by atoms with Gasteiger partial charge in [0.25, 0.3) is 0 Å². The van der Waals surface area contributed by atoms with Crippen molar-refractivity contribution < 1.29 is 4.79 Å². The highest BCUT2D eigenvalue weighted by Gasteiger charge is 2.25. The molecule has 2 saturated heterocycles. The Morgan fingerprint density at radius 3 is 2.92 bits per heavy atom. The average molecular weight is 365 g/mol. The minimum absolute atomic E-state index is 0.0332. The molecule has 6 heteroatoms. The summed E-state index contributed by atoms with van der Waals surface area (Å²) in [6.45, 7) is 11.6. The van der Waals surface area contributed by atoms with E-state index in [1.807, 2.05) is 0 Å². The van der Waals surface area contributed by atoms with Gasteiger partial charge in [-0.15, -0.1) is 11.3 Å². The van der Waals surface area contributed by atoms with Crippen LogP contribution < -0.4 is 10.6 Å². The lowest BCUT2D eigenvalue weighted by Gasteiger charge is -2.32. The lowest BCUT2D eigenvalue weighted by Crippen LogP contribution is -2.45. The first-order valence-corrected chi connectivity index (χ1v) is 10.5. The quantitative estimate of drug-likeness (QED) is 0.843. The molecule has 1 aromatic heterocycles. The largest absolute Gasteiger partial charge is 0.354 e. The van der Waals surface area contributed by atoms with Crippen LogP contribution >= 0.6 is 11.3 Å². The van der Waals surface area contributed by atoms with E-state index in [4.69, 9.17) is 4.98 Å². The first kappa shape index (κ1) is 18.8. The number of carbonyl (C=O) groups is 1. The topological polar surface area (TPSA) is 57.3 Å². The fraction of sp³-hybridized carbons (Fsp3) is 0.789. The third kappa shape index (κ3) is 5.25. The zero-order chi connectivity index (χ0) is 17.9. The van der Waals surface area contributed by atoms with Crippen molar-refractivity contribution in [3.05, 3.63) is 16.1 Å². The summed E-state index contributed by atoms with van der Waals surface area (Å²) in [6, 6.07) is 0.0332. The lowest BCUT2D eigenvalue weighted by atomic mass is 9.93. The summed E-state index contributed by atoms with van der Waals surface area (Å²) >= 11 is 1.78. The minimum atomic E-state index is 0.0332. The van der Waals surface area contributed by atoms with Crippen molar-refractivity contribution in [1.82, 2.24) is 20.5 Å². The molecule has 2 unspecified atom stereocenters. The van der Waals surface area contributed by atoms with E-state index in [1.165, 1.54) is 23.5 Å². The number of amides is 1. The number of aromatic nitrogens is 1. The van der Waals surface area contributed by atoms with Gasteiger partial charge in [0.2, 0.25) is 5.91 Å². The van der Waals surface area contributed by atoms with Gasteiger partial charge in [0.1, 0.15) is 5.01 Å².